The summed E-state index contributed by atoms with van der Waals surface area (Å²) in [5.41, 5.74) is 0.0896. The molecule has 1 unspecified atom stereocenters. The molecule has 0 bridgehead atoms. The van der Waals surface area contributed by atoms with Gasteiger partial charge in [0, 0.05) is 19.1 Å². The molecule has 2 nitrogen and oxygen atoms in total. The number of halogens is 3. The van der Waals surface area contributed by atoms with Crippen LogP contribution in [0.2, 0.25) is 0 Å². The number of rotatable bonds is 4. The van der Waals surface area contributed by atoms with Gasteiger partial charge in [-0.3, -0.25) is 4.90 Å². The van der Waals surface area contributed by atoms with Crippen molar-refractivity contribution in [1.29, 1.82) is 0 Å². The van der Waals surface area contributed by atoms with Gasteiger partial charge in [-0.2, -0.15) is 13.2 Å². The normalized spacial score (nSPS) is 22.0. The maximum absolute atomic E-state index is 12.6. The summed E-state index contributed by atoms with van der Waals surface area (Å²) in [4.78, 5) is 2.25. The van der Waals surface area contributed by atoms with Gasteiger partial charge in [0.1, 0.15) is 0 Å². The van der Waals surface area contributed by atoms with Crippen molar-refractivity contribution >= 4 is 0 Å². The Kier molecular flexibility index (Phi) is 4.87. The number of nitrogens with zero attached hydrogens (tertiary/aromatic N) is 1. The maximum atomic E-state index is 12.6. The summed E-state index contributed by atoms with van der Waals surface area (Å²) in [5.74, 6) is 0. The van der Waals surface area contributed by atoms with Gasteiger partial charge in [0.25, 0.3) is 0 Å². The van der Waals surface area contributed by atoms with Gasteiger partial charge in [-0.1, -0.05) is 26.0 Å². The lowest BCUT2D eigenvalue weighted by Gasteiger charge is -2.33. The van der Waals surface area contributed by atoms with Crippen LogP contribution in [-0.4, -0.2) is 35.2 Å². The van der Waals surface area contributed by atoms with Crippen molar-refractivity contribution in [1.82, 2.24) is 4.90 Å². The fourth-order valence-electron chi connectivity index (χ4n) is 3.26. The molecule has 5 heteroatoms. The fraction of sp³-hybridized carbons (Fsp3) is 0.647. The molecule has 22 heavy (non-hydrogen) atoms. The Balaban J connectivity index is 2.06. The zero-order valence-corrected chi connectivity index (χ0v) is 13.3. The van der Waals surface area contributed by atoms with E-state index < -0.39 is 11.7 Å². The number of benzene rings is 1. The Morgan fingerprint density at radius 3 is 2.18 bits per heavy atom. The second-order valence-corrected chi connectivity index (χ2v) is 6.95. The van der Waals surface area contributed by atoms with Crippen LogP contribution < -0.4 is 0 Å². The van der Waals surface area contributed by atoms with E-state index >= 15 is 0 Å². The average Bonchev–Trinajstić information content (AvgIpc) is 2.84. The first-order chi connectivity index (χ1) is 10.1. The summed E-state index contributed by atoms with van der Waals surface area (Å²) in [5, 5.41) is 9.62. The Bertz CT molecular complexity index is 496. The van der Waals surface area contributed by atoms with Gasteiger partial charge in [0.15, 0.2) is 0 Å². The first-order valence-corrected chi connectivity index (χ1v) is 7.69. The van der Waals surface area contributed by atoms with Gasteiger partial charge in [0.2, 0.25) is 0 Å². The van der Waals surface area contributed by atoms with Crippen LogP contribution in [0.25, 0.3) is 0 Å². The molecule has 1 aromatic carbocycles. The van der Waals surface area contributed by atoms with E-state index in [0.29, 0.717) is 6.54 Å². The molecular weight excluding hydrogens is 291 g/mol. The van der Waals surface area contributed by atoms with Crippen LogP contribution in [0.15, 0.2) is 24.3 Å². The monoisotopic (exact) mass is 315 g/mol. The topological polar surface area (TPSA) is 23.5 Å². The number of hydrogen-bond acceptors (Lipinski definition) is 2. The second kappa shape index (κ2) is 6.20. The molecule has 1 aliphatic heterocycles. The molecule has 0 radical (unpaired) electrons. The summed E-state index contributed by atoms with van der Waals surface area (Å²) in [7, 11) is 0. The third-order valence-electron chi connectivity index (χ3n) is 4.62. The van der Waals surface area contributed by atoms with E-state index in [1.807, 2.05) is 0 Å². The van der Waals surface area contributed by atoms with Gasteiger partial charge in [0.05, 0.1) is 11.7 Å². The highest BCUT2D eigenvalue weighted by Crippen LogP contribution is 2.34. The third-order valence-corrected chi connectivity index (χ3v) is 4.62. The highest BCUT2D eigenvalue weighted by Gasteiger charge is 2.32. The van der Waals surface area contributed by atoms with Gasteiger partial charge >= 0.3 is 6.18 Å². The van der Waals surface area contributed by atoms with Crippen molar-refractivity contribution in [2.45, 2.75) is 57.3 Å². The van der Waals surface area contributed by atoms with Crippen molar-refractivity contribution in [2.24, 2.45) is 0 Å². The highest BCUT2D eigenvalue weighted by molar-refractivity contribution is 5.29. The van der Waals surface area contributed by atoms with E-state index in [1.165, 1.54) is 0 Å². The maximum Gasteiger partial charge on any atom is 0.416 e. The molecule has 124 valence electrons. The van der Waals surface area contributed by atoms with Gasteiger partial charge in [-0.15, -0.1) is 0 Å². The second-order valence-electron chi connectivity index (χ2n) is 6.95. The number of β-amino-alcohol motifs (C(OH)–C–C–N with tert-alkyl or cyclic N) is 1. The van der Waals surface area contributed by atoms with Crippen molar-refractivity contribution in [3.8, 4) is 0 Å². The first-order valence-electron chi connectivity index (χ1n) is 7.69. The molecule has 1 heterocycles. The number of aliphatic hydroxyl groups excluding tert-OH is 1. The Morgan fingerprint density at radius 1 is 1.18 bits per heavy atom. The molecular formula is C17H24F3NO. The largest absolute Gasteiger partial charge is 0.416 e. The summed E-state index contributed by atoms with van der Waals surface area (Å²) in [6.45, 7) is 7.79. The molecule has 0 amide bonds. The van der Waals surface area contributed by atoms with Crippen LogP contribution in [0.3, 0.4) is 0 Å². The Labute approximate surface area is 129 Å². The van der Waals surface area contributed by atoms with Crippen LogP contribution in [0, 0.1) is 0 Å². The highest BCUT2D eigenvalue weighted by atomic mass is 19.4. The third kappa shape index (κ3) is 4.02. The number of alkyl halides is 3. The summed E-state index contributed by atoms with van der Waals surface area (Å²) < 4.78 is 37.9. The average molecular weight is 315 g/mol. The number of aliphatic hydroxyl groups is 1. The Hall–Kier alpha value is -1.07. The Morgan fingerprint density at radius 2 is 1.73 bits per heavy atom. The van der Waals surface area contributed by atoms with Crippen molar-refractivity contribution < 1.29 is 18.3 Å². The van der Waals surface area contributed by atoms with Crippen LogP contribution in [0.5, 0.6) is 0 Å². The molecule has 1 aliphatic rings. The van der Waals surface area contributed by atoms with Crippen LogP contribution >= 0.6 is 0 Å². The smallest absolute Gasteiger partial charge is 0.392 e. The predicted molar refractivity (Wildman–Crippen MR) is 80.7 cm³/mol. The minimum atomic E-state index is -4.29. The van der Waals surface area contributed by atoms with Gasteiger partial charge in [-0.25, -0.2) is 0 Å². The molecule has 1 aromatic rings. The van der Waals surface area contributed by atoms with E-state index in [9.17, 15) is 18.3 Å². The zero-order valence-electron chi connectivity index (χ0n) is 13.3. The van der Waals surface area contributed by atoms with Crippen LogP contribution in [-0.2, 0) is 11.6 Å². The predicted octanol–water partition coefficient (Wildman–Crippen LogP) is 3.83. The lowest BCUT2D eigenvalue weighted by atomic mass is 9.79. The molecule has 1 saturated heterocycles. The molecule has 2 atom stereocenters. The molecule has 0 saturated carbocycles. The van der Waals surface area contributed by atoms with Crippen molar-refractivity contribution in [3.05, 3.63) is 35.4 Å². The molecule has 2 rings (SSSR count). The quantitative estimate of drug-likeness (QED) is 0.913. The SMILES string of the molecule is CC(CC(C)(C)c1ccc(C(F)(F)F)cc1)N1CC[C@H](O)C1. The summed E-state index contributed by atoms with van der Waals surface area (Å²) in [6.07, 6.45) is -2.91. The van der Waals surface area contributed by atoms with Gasteiger partial charge < -0.3 is 5.11 Å². The van der Waals surface area contributed by atoms with Crippen LogP contribution in [0.1, 0.15) is 44.7 Å². The van der Waals surface area contributed by atoms with Gasteiger partial charge in [-0.05, 0) is 42.9 Å². The van der Waals surface area contributed by atoms with Crippen molar-refractivity contribution in [3.63, 3.8) is 0 Å². The van der Waals surface area contributed by atoms with Crippen LogP contribution in [0.4, 0.5) is 13.2 Å². The fourth-order valence-corrected chi connectivity index (χ4v) is 3.26. The van der Waals surface area contributed by atoms with E-state index in [4.69, 9.17) is 0 Å². The summed E-state index contributed by atoms with van der Waals surface area (Å²) in [6, 6.07) is 5.75. The standard InChI is InChI=1S/C17H24F3NO/c1-12(21-9-8-15(22)11-21)10-16(2,3)13-4-6-14(7-5-13)17(18,19)20/h4-7,12,15,22H,8-11H2,1-3H3/t12?,15-/m0/s1. The number of hydrogen-bond donors (Lipinski definition) is 1. The number of likely N-dealkylation sites (tertiary alicyclic amines) is 1. The van der Waals surface area contributed by atoms with Crippen molar-refractivity contribution in [2.75, 3.05) is 13.1 Å². The van der Waals surface area contributed by atoms with E-state index in [2.05, 4.69) is 25.7 Å². The lowest BCUT2D eigenvalue weighted by Crippen LogP contribution is -2.36. The molecule has 0 spiro atoms. The lowest BCUT2D eigenvalue weighted by molar-refractivity contribution is -0.137. The summed E-state index contributed by atoms with van der Waals surface area (Å²) >= 11 is 0. The zero-order chi connectivity index (χ0) is 16.5. The van der Waals surface area contributed by atoms with E-state index in [-0.39, 0.29) is 17.6 Å². The molecule has 0 aromatic heterocycles. The van der Waals surface area contributed by atoms with E-state index in [0.717, 1.165) is 37.1 Å². The van der Waals surface area contributed by atoms with E-state index in [1.54, 1.807) is 12.1 Å². The first kappa shape index (κ1) is 17.3. The minimum absolute atomic E-state index is 0.211. The minimum Gasteiger partial charge on any atom is -0.392 e. The molecule has 1 fully saturated rings. The molecule has 1 N–H and O–H groups in total. The molecule has 0 aliphatic carbocycles.